The Labute approximate surface area is 79.9 Å². The van der Waals surface area contributed by atoms with Gasteiger partial charge in [-0.25, -0.2) is 4.79 Å². The van der Waals surface area contributed by atoms with Gasteiger partial charge in [-0.15, -0.1) is 0 Å². The molecule has 1 atom stereocenters. The molecule has 2 N–H and O–H groups in total. The molecule has 0 fully saturated rings. The lowest BCUT2D eigenvalue weighted by Gasteiger charge is -2.23. The monoisotopic (exact) mass is 185 g/mol. The van der Waals surface area contributed by atoms with Crippen LogP contribution in [0.2, 0.25) is 0 Å². The largest absolute Gasteiger partial charge is 0.460 e. The van der Waals surface area contributed by atoms with Crippen LogP contribution >= 0.6 is 0 Å². The fraction of sp³-hybridized carbons (Fsp3) is 0.700. The zero-order chi connectivity index (χ0) is 10.5. The van der Waals surface area contributed by atoms with Crippen LogP contribution in [0.5, 0.6) is 0 Å². The molecule has 3 nitrogen and oxygen atoms in total. The molecular formula is C10H19NO2. The zero-order valence-corrected chi connectivity index (χ0v) is 8.72. The second kappa shape index (κ2) is 5.02. The average molecular weight is 185 g/mol. The van der Waals surface area contributed by atoms with Crippen LogP contribution < -0.4 is 5.73 Å². The fourth-order valence-corrected chi connectivity index (χ4v) is 0.997. The van der Waals surface area contributed by atoms with Crippen LogP contribution in [0.1, 0.15) is 33.6 Å². The highest BCUT2D eigenvalue weighted by molar-refractivity contribution is 5.86. The van der Waals surface area contributed by atoms with Gasteiger partial charge >= 0.3 is 5.97 Å². The van der Waals surface area contributed by atoms with Gasteiger partial charge in [-0.1, -0.05) is 19.9 Å². The van der Waals surface area contributed by atoms with E-state index in [1.165, 1.54) is 0 Å². The number of carbonyl (C=O) groups is 1. The number of hydrogen-bond acceptors (Lipinski definition) is 3. The Balaban J connectivity index is 3.87. The highest BCUT2D eigenvalue weighted by atomic mass is 16.5. The van der Waals surface area contributed by atoms with Crippen LogP contribution in [0.15, 0.2) is 12.2 Å². The van der Waals surface area contributed by atoms with Crippen LogP contribution in [0.4, 0.5) is 0 Å². The number of hydrogen-bond donors (Lipinski definition) is 1. The number of esters is 1. The first-order chi connectivity index (χ1) is 5.89. The molecule has 0 aliphatic carbocycles. The minimum atomic E-state index is -0.417. The molecule has 0 aromatic rings. The van der Waals surface area contributed by atoms with E-state index in [4.69, 9.17) is 10.5 Å². The summed E-state index contributed by atoms with van der Waals surface area (Å²) in [5.41, 5.74) is 5.86. The minimum absolute atomic E-state index is 0.256. The predicted octanol–water partition coefficient (Wildman–Crippen LogP) is 1.62. The molecule has 0 saturated heterocycles. The molecule has 3 heteroatoms. The maximum atomic E-state index is 11.0. The van der Waals surface area contributed by atoms with Gasteiger partial charge in [0, 0.05) is 11.1 Å². The summed E-state index contributed by atoms with van der Waals surface area (Å²) in [6.45, 7) is 9.29. The van der Waals surface area contributed by atoms with Crippen molar-refractivity contribution >= 4 is 5.97 Å². The fourth-order valence-electron chi connectivity index (χ4n) is 0.997. The van der Waals surface area contributed by atoms with Crippen molar-refractivity contribution in [3.8, 4) is 0 Å². The molecule has 0 saturated carbocycles. The third kappa shape index (κ3) is 5.42. The van der Waals surface area contributed by atoms with Crippen molar-refractivity contribution in [3.63, 3.8) is 0 Å². The van der Waals surface area contributed by atoms with Crippen molar-refractivity contribution in [2.24, 2.45) is 5.73 Å². The lowest BCUT2D eigenvalue weighted by Crippen LogP contribution is -2.41. The molecule has 0 aliphatic rings. The SMILES string of the molecule is C=C(C)C(=O)OCC(C)(N)CCC. The molecule has 76 valence electrons. The number of carbonyl (C=O) groups excluding carboxylic acids is 1. The van der Waals surface area contributed by atoms with E-state index in [1.807, 2.05) is 13.8 Å². The quantitative estimate of drug-likeness (QED) is 0.523. The van der Waals surface area contributed by atoms with Crippen LogP contribution in [0.25, 0.3) is 0 Å². The molecule has 0 radical (unpaired) electrons. The zero-order valence-electron chi connectivity index (χ0n) is 8.72. The molecule has 0 bridgehead atoms. The molecule has 0 amide bonds. The maximum absolute atomic E-state index is 11.0. The van der Waals surface area contributed by atoms with Gasteiger partial charge in [-0.3, -0.25) is 0 Å². The Kier molecular flexibility index (Phi) is 4.70. The number of rotatable bonds is 5. The Morgan fingerprint density at radius 3 is 2.54 bits per heavy atom. The minimum Gasteiger partial charge on any atom is -0.460 e. The van der Waals surface area contributed by atoms with Crippen molar-refractivity contribution in [1.29, 1.82) is 0 Å². The van der Waals surface area contributed by atoms with Gasteiger partial charge < -0.3 is 10.5 Å². The van der Waals surface area contributed by atoms with E-state index in [9.17, 15) is 4.79 Å². The molecule has 0 spiro atoms. The van der Waals surface area contributed by atoms with E-state index in [2.05, 4.69) is 6.58 Å². The summed E-state index contributed by atoms with van der Waals surface area (Å²) in [7, 11) is 0. The normalized spacial score (nSPS) is 14.8. The smallest absolute Gasteiger partial charge is 0.333 e. The first-order valence-corrected chi connectivity index (χ1v) is 4.50. The van der Waals surface area contributed by atoms with E-state index in [0.29, 0.717) is 5.57 Å². The van der Waals surface area contributed by atoms with Crippen LogP contribution in [-0.2, 0) is 9.53 Å². The lowest BCUT2D eigenvalue weighted by atomic mass is 9.99. The van der Waals surface area contributed by atoms with Crippen molar-refractivity contribution in [2.45, 2.75) is 39.2 Å². The molecular weight excluding hydrogens is 166 g/mol. The van der Waals surface area contributed by atoms with Crippen molar-refractivity contribution < 1.29 is 9.53 Å². The van der Waals surface area contributed by atoms with E-state index in [0.717, 1.165) is 12.8 Å². The molecule has 1 unspecified atom stereocenters. The maximum Gasteiger partial charge on any atom is 0.333 e. The molecule has 0 heterocycles. The first-order valence-electron chi connectivity index (χ1n) is 4.50. The summed E-state index contributed by atoms with van der Waals surface area (Å²) < 4.78 is 4.96. The topological polar surface area (TPSA) is 52.3 Å². The Morgan fingerprint density at radius 2 is 2.15 bits per heavy atom. The summed E-state index contributed by atoms with van der Waals surface area (Å²) in [5, 5.41) is 0. The summed E-state index contributed by atoms with van der Waals surface area (Å²) in [6, 6.07) is 0. The van der Waals surface area contributed by atoms with E-state index >= 15 is 0 Å². The molecule has 0 aromatic heterocycles. The molecule has 13 heavy (non-hydrogen) atoms. The summed E-state index contributed by atoms with van der Waals surface area (Å²) >= 11 is 0. The third-order valence-corrected chi connectivity index (χ3v) is 1.70. The van der Waals surface area contributed by atoms with Crippen molar-refractivity contribution in [2.75, 3.05) is 6.61 Å². The van der Waals surface area contributed by atoms with Gasteiger partial charge in [0.05, 0.1) is 0 Å². The van der Waals surface area contributed by atoms with E-state index < -0.39 is 5.54 Å². The molecule has 0 aliphatic heterocycles. The summed E-state index contributed by atoms with van der Waals surface area (Å²) in [4.78, 5) is 11.0. The van der Waals surface area contributed by atoms with Crippen molar-refractivity contribution in [1.82, 2.24) is 0 Å². The van der Waals surface area contributed by atoms with Crippen LogP contribution in [-0.4, -0.2) is 18.1 Å². The van der Waals surface area contributed by atoms with Gasteiger partial charge in [-0.2, -0.15) is 0 Å². The highest BCUT2D eigenvalue weighted by Crippen LogP contribution is 2.09. The molecule has 0 rings (SSSR count). The second-order valence-electron chi connectivity index (χ2n) is 3.76. The highest BCUT2D eigenvalue weighted by Gasteiger charge is 2.19. The summed E-state index contributed by atoms with van der Waals surface area (Å²) in [6.07, 6.45) is 1.83. The van der Waals surface area contributed by atoms with Gasteiger partial charge in [0.25, 0.3) is 0 Å². The Bertz CT molecular complexity index is 197. The lowest BCUT2D eigenvalue weighted by molar-refractivity contribution is -0.140. The van der Waals surface area contributed by atoms with E-state index in [-0.39, 0.29) is 12.6 Å². The van der Waals surface area contributed by atoms with Gasteiger partial charge in [0.1, 0.15) is 6.61 Å². The van der Waals surface area contributed by atoms with Crippen molar-refractivity contribution in [3.05, 3.63) is 12.2 Å². The average Bonchev–Trinajstić information content (AvgIpc) is 2.00. The first kappa shape index (κ1) is 12.2. The van der Waals surface area contributed by atoms with Gasteiger partial charge in [-0.05, 0) is 20.3 Å². The standard InChI is InChI=1S/C10H19NO2/c1-5-6-10(4,11)7-13-9(12)8(2)3/h2,5-7,11H2,1,3-4H3. The molecule has 0 aromatic carbocycles. The Hall–Kier alpha value is -0.830. The van der Waals surface area contributed by atoms with Gasteiger partial charge in [0.15, 0.2) is 0 Å². The number of ether oxygens (including phenoxy) is 1. The summed E-state index contributed by atoms with van der Waals surface area (Å²) in [5.74, 6) is -0.368. The predicted molar refractivity (Wildman–Crippen MR) is 53.3 cm³/mol. The van der Waals surface area contributed by atoms with E-state index in [1.54, 1.807) is 6.92 Å². The van der Waals surface area contributed by atoms with Crippen LogP contribution in [0, 0.1) is 0 Å². The van der Waals surface area contributed by atoms with Gasteiger partial charge in [0.2, 0.25) is 0 Å². The third-order valence-electron chi connectivity index (χ3n) is 1.70. The Morgan fingerprint density at radius 1 is 1.62 bits per heavy atom. The second-order valence-corrected chi connectivity index (χ2v) is 3.76. The van der Waals surface area contributed by atoms with Crippen LogP contribution in [0.3, 0.4) is 0 Å². The number of nitrogens with two attached hydrogens (primary N) is 1.